The lowest BCUT2D eigenvalue weighted by molar-refractivity contribution is -0.131. The highest BCUT2D eigenvalue weighted by molar-refractivity contribution is 9.10. The van der Waals surface area contributed by atoms with E-state index < -0.39 is 5.97 Å². The zero-order valence-corrected chi connectivity index (χ0v) is 16.4. The molecule has 1 saturated heterocycles. The van der Waals surface area contributed by atoms with E-state index in [0.717, 1.165) is 4.47 Å². The van der Waals surface area contributed by atoms with Gasteiger partial charge < -0.3 is 14.5 Å². The van der Waals surface area contributed by atoms with Crippen molar-refractivity contribution in [1.82, 2.24) is 9.80 Å². The molecular formula is C20H19BrN2O4. The number of hydrogen-bond donors (Lipinski definition) is 0. The third kappa shape index (κ3) is 4.74. The summed E-state index contributed by atoms with van der Waals surface area (Å²) < 4.78 is 5.89. The maximum absolute atomic E-state index is 12.7. The molecule has 1 aliphatic heterocycles. The van der Waals surface area contributed by atoms with Crippen molar-refractivity contribution in [2.24, 2.45) is 0 Å². The van der Waals surface area contributed by atoms with Gasteiger partial charge in [-0.1, -0.05) is 28.1 Å². The van der Waals surface area contributed by atoms with Crippen molar-refractivity contribution in [3.63, 3.8) is 0 Å². The van der Waals surface area contributed by atoms with Gasteiger partial charge in [0.1, 0.15) is 5.75 Å². The molecule has 2 aromatic carbocycles. The molecule has 0 saturated carbocycles. The minimum Gasteiger partial charge on any atom is -0.427 e. The Morgan fingerprint density at radius 2 is 1.37 bits per heavy atom. The summed E-state index contributed by atoms with van der Waals surface area (Å²) in [5.41, 5.74) is 1.08. The number of halogens is 1. The summed E-state index contributed by atoms with van der Waals surface area (Å²) in [5, 5.41) is 0. The summed E-state index contributed by atoms with van der Waals surface area (Å²) in [4.78, 5) is 39.8. The number of esters is 1. The second-order valence-corrected chi connectivity index (χ2v) is 7.13. The minimum absolute atomic E-state index is 0.0414. The van der Waals surface area contributed by atoms with Crippen LogP contribution in [0.5, 0.6) is 5.75 Å². The molecule has 7 heteroatoms. The highest BCUT2D eigenvalue weighted by Gasteiger charge is 2.25. The van der Waals surface area contributed by atoms with Crippen LogP contribution in [0.4, 0.5) is 0 Å². The summed E-state index contributed by atoms with van der Waals surface area (Å²) in [7, 11) is 0. The van der Waals surface area contributed by atoms with Gasteiger partial charge in [-0.05, 0) is 36.4 Å². The predicted octanol–water partition coefficient (Wildman–Crippen LogP) is 2.97. The van der Waals surface area contributed by atoms with Crippen LogP contribution in [0.2, 0.25) is 0 Å². The molecule has 0 radical (unpaired) electrons. The number of ether oxygens (including phenoxy) is 1. The van der Waals surface area contributed by atoms with Gasteiger partial charge in [0.05, 0.1) is 0 Å². The Morgan fingerprint density at radius 1 is 0.852 bits per heavy atom. The summed E-state index contributed by atoms with van der Waals surface area (Å²) >= 11 is 3.37. The molecule has 1 aliphatic rings. The number of carbonyl (C=O) groups excluding carboxylic acids is 3. The molecule has 0 atom stereocenters. The van der Waals surface area contributed by atoms with Crippen molar-refractivity contribution in [3.8, 4) is 5.75 Å². The quantitative estimate of drug-likeness (QED) is 0.554. The number of benzene rings is 2. The largest absolute Gasteiger partial charge is 0.427 e. The lowest BCUT2D eigenvalue weighted by Gasteiger charge is -2.35. The van der Waals surface area contributed by atoms with E-state index in [9.17, 15) is 14.4 Å². The molecule has 2 amide bonds. The van der Waals surface area contributed by atoms with Gasteiger partial charge in [0.25, 0.3) is 11.8 Å². The maximum Gasteiger partial charge on any atom is 0.308 e. The lowest BCUT2D eigenvalue weighted by Crippen LogP contribution is -2.50. The van der Waals surface area contributed by atoms with Gasteiger partial charge >= 0.3 is 5.97 Å². The number of piperazine rings is 1. The molecule has 3 rings (SSSR count). The normalized spacial score (nSPS) is 14.0. The second-order valence-electron chi connectivity index (χ2n) is 6.22. The van der Waals surface area contributed by atoms with E-state index in [1.165, 1.54) is 6.92 Å². The monoisotopic (exact) mass is 430 g/mol. The van der Waals surface area contributed by atoms with Crippen LogP contribution in [0.25, 0.3) is 0 Å². The van der Waals surface area contributed by atoms with E-state index in [2.05, 4.69) is 15.9 Å². The van der Waals surface area contributed by atoms with Crippen LogP contribution >= 0.6 is 15.9 Å². The van der Waals surface area contributed by atoms with Crippen molar-refractivity contribution in [1.29, 1.82) is 0 Å². The second kappa shape index (κ2) is 8.35. The molecule has 6 nitrogen and oxygen atoms in total. The van der Waals surface area contributed by atoms with Gasteiger partial charge in [-0.15, -0.1) is 0 Å². The molecule has 0 spiro atoms. The standard InChI is InChI=1S/C20H19BrN2O4/c1-14(24)27-18-7-3-5-16(13-18)20(26)23-10-8-22(9-11-23)19(25)15-4-2-6-17(21)12-15/h2-7,12-13H,8-11H2,1H3. The van der Waals surface area contributed by atoms with Crippen LogP contribution in [0.15, 0.2) is 53.0 Å². The number of nitrogens with zero attached hydrogens (tertiary/aromatic N) is 2. The average molecular weight is 431 g/mol. The van der Waals surface area contributed by atoms with Gasteiger partial charge in [0.2, 0.25) is 0 Å². The average Bonchev–Trinajstić information content (AvgIpc) is 2.66. The molecule has 0 bridgehead atoms. The Bertz CT molecular complexity index is 876. The zero-order valence-electron chi connectivity index (χ0n) is 14.9. The molecule has 0 N–H and O–H groups in total. The van der Waals surface area contributed by atoms with Crippen molar-refractivity contribution < 1.29 is 19.1 Å². The summed E-state index contributed by atoms with van der Waals surface area (Å²) in [6.45, 7) is 3.17. The van der Waals surface area contributed by atoms with Crippen LogP contribution in [0, 0.1) is 0 Å². The molecule has 1 fully saturated rings. The zero-order chi connectivity index (χ0) is 19.4. The van der Waals surface area contributed by atoms with Crippen LogP contribution in [-0.2, 0) is 4.79 Å². The molecule has 0 aromatic heterocycles. The van der Waals surface area contributed by atoms with Crippen LogP contribution in [-0.4, -0.2) is 53.8 Å². The summed E-state index contributed by atoms with van der Waals surface area (Å²) in [5.74, 6) is -0.269. The van der Waals surface area contributed by atoms with Crippen LogP contribution < -0.4 is 4.74 Å². The molecule has 140 valence electrons. The Balaban J connectivity index is 1.62. The molecule has 27 heavy (non-hydrogen) atoms. The lowest BCUT2D eigenvalue weighted by atomic mass is 10.1. The van der Waals surface area contributed by atoms with E-state index in [1.54, 1.807) is 46.2 Å². The first-order valence-corrected chi connectivity index (χ1v) is 9.36. The van der Waals surface area contributed by atoms with Gasteiger partial charge in [0.15, 0.2) is 0 Å². The first-order chi connectivity index (χ1) is 12.9. The van der Waals surface area contributed by atoms with E-state index >= 15 is 0 Å². The number of amides is 2. The van der Waals surface area contributed by atoms with Crippen LogP contribution in [0.3, 0.4) is 0 Å². The first kappa shape index (κ1) is 19.1. The van der Waals surface area contributed by atoms with Gasteiger partial charge in [-0.3, -0.25) is 14.4 Å². The highest BCUT2D eigenvalue weighted by Crippen LogP contribution is 2.18. The van der Waals surface area contributed by atoms with Crippen LogP contribution in [0.1, 0.15) is 27.6 Å². The molecular weight excluding hydrogens is 412 g/mol. The topological polar surface area (TPSA) is 66.9 Å². The summed E-state index contributed by atoms with van der Waals surface area (Å²) in [6.07, 6.45) is 0. The molecule has 1 heterocycles. The Hall–Kier alpha value is -2.67. The Kier molecular flexibility index (Phi) is 5.91. The Labute approximate surface area is 165 Å². The smallest absolute Gasteiger partial charge is 0.308 e. The van der Waals surface area contributed by atoms with Crippen molar-refractivity contribution in [2.75, 3.05) is 26.2 Å². The van der Waals surface area contributed by atoms with Crippen molar-refractivity contribution >= 4 is 33.7 Å². The highest BCUT2D eigenvalue weighted by atomic mass is 79.9. The van der Waals surface area contributed by atoms with Crippen molar-refractivity contribution in [2.45, 2.75) is 6.92 Å². The van der Waals surface area contributed by atoms with E-state index in [-0.39, 0.29) is 11.8 Å². The molecule has 0 aliphatic carbocycles. The fraction of sp³-hybridized carbons (Fsp3) is 0.250. The Morgan fingerprint density at radius 3 is 1.89 bits per heavy atom. The van der Waals surface area contributed by atoms with E-state index in [1.807, 2.05) is 12.1 Å². The SMILES string of the molecule is CC(=O)Oc1cccc(C(=O)N2CCN(C(=O)c3cccc(Br)c3)CC2)c1. The van der Waals surface area contributed by atoms with Gasteiger partial charge in [0, 0.05) is 48.7 Å². The predicted molar refractivity (Wildman–Crippen MR) is 104 cm³/mol. The summed E-state index contributed by atoms with van der Waals surface area (Å²) in [6, 6.07) is 13.8. The van der Waals surface area contributed by atoms with E-state index in [4.69, 9.17) is 4.74 Å². The van der Waals surface area contributed by atoms with Crippen molar-refractivity contribution in [3.05, 3.63) is 64.1 Å². The third-order valence-electron chi connectivity index (χ3n) is 4.27. The fourth-order valence-corrected chi connectivity index (χ4v) is 3.36. The number of carbonyl (C=O) groups is 3. The minimum atomic E-state index is -0.431. The molecule has 0 unspecified atom stereocenters. The maximum atomic E-state index is 12.7. The van der Waals surface area contributed by atoms with E-state index in [0.29, 0.717) is 43.1 Å². The number of hydrogen-bond acceptors (Lipinski definition) is 4. The fourth-order valence-electron chi connectivity index (χ4n) is 2.96. The molecule has 2 aromatic rings. The first-order valence-electron chi connectivity index (χ1n) is 8.56. The van der Waals surface area contributed by atoms with Gasteiger partial charge in [-0.25, -0.2) is 0 Å². The third-order valence-corrected chi connectivity index (χ3v) is 4.76. The van der Waals surface area contributed by atoms with Gasteiger partial charge in [-0.2, -0.15) is 0 Å². The number of rotatable bonds is 3.